The van der Waals surface area contributed by atoms with E-state index in [1.165, 1.54) is 39.2 Å². The Kier molecular flexibility index (Phi) is 3.71. The summed E-state index contributed by atoms with van der Waals surface area (Å²) in [6.07, 6.45) is -5.12. The van der Waals surface area contributed by atoms with Gasteiger partial charge in [-0.3, -0.25) is 0 Å². The lowest BCUT2D eigenvalue weighted by molar-refractivity contribution is -0.268. The summed E-state index contributed by atoms with van der Waals surface area (Å²) in [5.41, 5.74) is -2.58. The number of hydrogen-bond donors (Lipinski definition) is 1. The van der Waals surface area contributed by atoms with E-state index < -0.39 is 18.2 Å². The molecule has 1 aromatic rings. The molecule has 0 bridgehead atoms. The molecule has 1 unspecified atom stereocenters. The van der Waals surface area contributed by atoms with Crippen molar-refractivity contribution >= 4 is 0 Å². The van der Waals surface area contributed by atoms with E-state index in [1.54, 1.807) is 0 Å². The molecule has 0 aliphatic heterocycles. The van der Waals surface area contributed by atoms with Crippen LogP contribution in [-0.2, 0) is 5.60 Å². The molecule has 0 aromatic heterocycles. The molecule has 0 amide bonds. The van der Waals surface area contributed by atoms with Crippen molar-refractivity contribution in [3.8, 4) is 5.75 Å². The predicted molar refractivity (Wildman–Crippen MR) is 58.0 cm³/mol. The average Bonchev–Trinajstić information content (AvgIpc) is 2.26. The largest absolute Gasteiger partial charge is 0.497 e. The molecule has 1 rings (SSSR count). The summed E-state index contributed by atoms with van der Waals surface area (Å²) in [7, 11) is 1.43. The van der Waals surface area contributed by atoms with Crippen LogP contribution in [0.4, 0.5) is 13.2 Å². The van der Waals surface area contributed by atoms with Gasteiger partial charge in [0.1, 0.15) is 5.75 Å². The number of methoxy groups -OCH3 is 1. The number of benzene rings is 1. The van der Waals surface area contributed by atoms with Crippen LogP contribution in [0.15, 0.2) is 18.2 Å². The van der Waals surface area contributed by atoms with Crippen molar-refractivity contribution in [1.82, 2.24) is 0 Å². The maximum Gasteiger partial charge on any atom is 0.421 e. The minimum atomic E-state index is -4.69. The van der Waals surface area contributed by atoms with Gasteiger partial charge in [0.2, 0.25) is 0 Å². The van der Waals surface area contributed by atoms with Crippen LogP contribution < -0.4 is 4.74 Å². The van der Waals surface area contributed by atoms with Crippen molar-refractivity contribution in [2.45, 2.75) is 32.0 Å². The number of halogens is 3. The highest BCUT2D eigenvalue weighted by Crippen LogP contribution is 2.43. The second-order valence-electron chi connectivity index (χ2n) is 3.89. The Hall–Kier alpha value is -1.23. The first-order valence-electron chi connectivity index (χ1n) is 5.20. The molecular weight excluding hydrogens is 233 g/mol. The Labute approximate surface area is 98.0 Å². The summed E-state index contributed by atoms with van der Waals surface area (Å²) in [4.78, 5) is 0. The second-order valence-corrected chi connectivity index (χ2v) is 3.89. The van der Waals surface area contributed by atoms with Crippen molar-refractivity contribution in [3.63, 3.8) is 0 Å². The number of rotatable bonds is 3. The Morgan fingerprint density at radius 3 is 2.24 bits per heavy atom. The van der Waals surface area contributed by atoms with E-state index in [9.17, 15) is 18.3 Å². The van der Waals surface area contributed by atoms with Gasteiger partial charge in [-0.25, -0.2) is 0 Å². The van der Waals surface area contributed by atoms with E-state index >= 15 is 0 Å². The average molecular weight is 248 g/mol. The molecule has 0 radical (unpaired) electrons. The molecule has 1 atom stereocenters. The summed E-state index contributed by atoms with van der Waals surface area (Å²) in [6.45, 7) is 2.82. The monoisotopic (exact) mass is 248 g/mol. The maximum absolute atomic E-state index is 12.9. The van der Waals surface area contributed by atoms with Crippen molar-refractivity contribution in [2.24, 2.45) is 0 Å². The Morgan fingerprint density at radius 1 is 1.29 bits per heavy atom. The highest BCUT2D eigenvalue weighted by molar-refractivity contribution is 5.39. The molecule has 2 nitrogen and oxygen atoms in total. The van der Waals surface area contributed by atoms with Crippen LogP contribution in [0, 0.1) is 6.92 Å². The number of aliphatic hydroxyl groups is 1. The fourth-order valence-corrected chi connectivity index (χ4v) is 1.77. The van der Waals surface area contributed by atoms with Crippen molar-refractivity contribution in [2.75, 3.05) is 7.11 Å². The molecule has 0 spiro atoms. The molecule has 96 valence electrons. The minimum Gasteiger partial charge on any atom is -0.497 e. The van der Waals surface area contributed by atoms with E-state index in [2.05, 4.69) is 0 Å². The molecule has 0 saturated heterocycles. The third kappa shape index (κ3) is 2.39. The number of aryl methyl sites for hydroxylation is 1. The zero-order valence-electron chi connectivity index (χ0n) is 9.93. The van der Waals surface area contributed by atoms with Crippen LogP contribution in [0.25, 0.3) is 0 Å². The van der Waals surface area contributed by atoms with Crippen LogP contribution in [-0.4, -0.2) is 18.4 Å². The van der Waals surface area contributed by atoms with Gasteiger partial charge in [0.25, 0.3) is 0 Å². The molecule has 1 aromatic carbocycles. The first kappa shape index (κ1) is 13.8. The summed E-state index contributed by atoms with van der Waals surface area (Å²) >= 11 is 0. The van der Waals surface area contributed by atoms with Gasteiger partial charge in [-0.2, -0.15) is 13.2 Å². The van der Waals surface area contributed by atoms with Gasteiger partial charge in [-0.1, -0.05) is 13.0 Å². The van der Waals surface area contributed by atoms with Gasteiger partial charge in [0.15, 0.2) is 5.60 Å². The molecule has 17 heavy (non-hydrogen) atoms. The molecule has 0 aliphatic rings. The van der Waals surface area contributed by atoms with Crippen LogP contribution in [0.3, 0.4) is 0 Å². The smallest absolute Gasteiger partial charge is 0.421 e. The lowest BCUT2D eigenvalue weighted by Gasteiger charge is -2.31. The third-order valence-electron chi connectivity index (χ3n) is 2.86. The fraction of sp³-hybridized carbons (Fsp3) is 0.500. The molecule has 0 aliphatic carbocycles. The SMILES string of the molecule is CCC(O)(c1ccc(OC)cc1C)C(F)(F)F. The van der Waals surface area contributed by atoms with Crippen LogP contribution in [0.2, 0.25) is 0 Å². The normalized spacial score (nSPS) is 15.5. The minimum absolute atomic E-state index is 0.131. The van der Waals surface area contributed by atoms with E-state index in [-0.39, 0.29) is 5.56 Å². The van der Waals surface area contributed by atoms with Crippen LogP contribution in [0.5, 0.6) is 5.75 Å². The third-order valence-corrected chi connectivity index (χ3v) is 2.86. The molecule has 0 saturated carbocycles. The van der Waals surface area contributed by atoms with E-state index in [4.69, 9.17) is 4.74 Å². The Morgan fingerprint density at radius 2 is 1.88 bits per heavy atom. The fourth-order valence-electron chi connectivity index (χ4n) is 1.77. The van der Waals surface area contributed by atoms with E-state index in [1.807, 2.05) is 0 Å². The van der Waals surface area contributed by atoms with Crippen molar-refractivity contribution < 1.29 is 23.0 Å². The predicted octanol–water partition coefficient (Wildman–Crippen LogP) is 3.16. The topological polar surface area (TPSA) is 29.5 Å². The maximum atomic E-state index is 12.9. The highest BCUT2D eigenvalue weighted by Gasteiger charge is 2.54. The van der Waals surface area contributed by atoms with Gasteiger partial charge in [-0.15, -0.1) is 0 Å². The summed E-state index contributed by atoms with van der Waals surface area (Å²) in [5.74, 6) is 0.465. The Balaban J connectivity index is 3.31. The van der Waals surface area contributed by atoms with Gasteiger partial charge in [0, 0.05) is 0 Å². The molecule has 0 fully saturated rings. The van der Waals surface area contributed by atoms with E-state index in [0.717, 1.165) is 0 Å². The van der Waals surface area contributed by atoms with Crippen molar-refractivity contribution in [3.05, 3.63) is 29.3 Å². The lowest BCUT2D eigenvalue weighted by Crippen LogP contribution is -2.42. The molecule has 5 heteroatoms. The molecular formula is C12H15F3O2. The summed E-state index contributed by atoms with van der Waals surface area (Å²) in [5, 5.41) is 9.81. The molecule has 1 N–H and O–H groups in total. The number of hydrogen-bond acceptors (Lipinski definition) is 2. The number of alkyl halides is 3. The second kappa shape index (κ2) is 4.56. The lowest BCUT2D eigenvalue weighted by atomic mass is 9.87. The first-order valence-corrected chi connectivity index (χ1v) is 5.20. The Bertz CT molecular complexity index is 401. The van der Waals surface area contributed by atoms with Gasteiger partial charge >= 0.3 is 6.18 Å². The van der Waals surface area contributed by atoms with Crippen LogP contribution in [0.1, 0.15) is 24.5 Å². The molecule has 0 heterocycles. The number of ether oxygens (including phenoxy) is 1. The summed E-state index contributed by atoms with van der Waals surface area (Å²) < 4.78 is 43.5. The zero-order chi connectivity index (χ0) is 13.3. The van der Waals surface area contributed by atoms with Gasteiger partial charge in [-0.05, 0) is 36.6 Å². The van der Waals surface area contributed by atoms with E-state index in [0.29, 0.717) is 11.3 Å². The quantitative estimate of drug-likeness (QED) is 0.890. The van der Waals surface area contributed by atoms with Gasteiger partial charge < -0.3 is 9.84 Å². The highest BCUT2D eigenvalue weighted by atomic mass is 19.4. The first-order chi connectivity index (χ1) is 7.76. The van der Waals surface area contributed by atoms with Gasteiger partial charge in [0.05, 0.1) is 7.11 Å². The zero-order valence-corrected chi connectivity index (χ0v) is 9.93. The standard InChI is InChI=1S/C12H15F3O2/c1-4-11(16,12(13,14)15)10-6-5-9(17-3)7-8(10)2/h5-7,16H,4H2,1-3H3. The van der Waals surface area contributed by atoms with Crippen LogP contribution >= 0.6 is 0 Å². The van der Waals surface area contributed by atoms with Crippen molar-refractivity contribution in [1.29, 1.82) is 0 Å². The summed E-state index contributed by atoms with van der Waals surface area (Å²) in [6, 6.07) is 4.14.